The molecule has 2 aromatic heterocycles. The lowest BCUT2D eigenvalue weighted by atomic mass is 10.1. The summed E-state index contributed by atoms with van der Waals surface area (Å²) in [6.45, 7) is 3.51. The highest BCUT2D eigenvalue weighted by Gasteiger charge is 2.14. The van der Waals surface area contributed by atoms with E-state index in [1.165, 1.54) is 19.3 Å². The fourth-order valence-electron chi connectivity index (χ4n) is 5.77. The molecule has 1 N–H and O–H groups in total. The predicted molar refractivity (Wildman–Crippen MR) is 187 cm³/mol. The molecule has 0 radical (unpaired) electrons. The summed E-state index contributed by atoms with van der Waals surface area (Å²) < 4.78 is 13.3. The molecule has 0 bridgehead atoms. The Kier molecular flexibility index (Phi) is 10.2. The Morgan fingerprint density at radius 1 is 0.604 bits per heavy atom. The van der Waals surface area contributed by atoms with Crippen LogP contribution in [0.5, 0.6) is 23.0 Å². The lowest BCUT2D eigenvalue weighted by Gasteiger charge is -2.27. The second-order valence-corrected chi connectivity index (χ2v) is 11.5. The first-order valence-corrected chi connectivity index (χ1v) is 15.9. The summed E-state index contributed by atoms with van der Waals surface area (Å²) in [5.41, 5.74) is 1.10. The van der Waals surface area contributed by atoms with Gasteiger partial charge < -0.3 is 23.9 Å². The van der Waals surface area contributed by atoms with Crippen LogP contribution in [0.3, 0.4) is 0 Å². The molecule has 9 heteroatoms. The fourth-order valence-corrected chi connectivity index (χ4v) is 5.77. The monoisotopic (exact) mass is 641 g/mol. The van der Waals surface area contributed by atoms with Crippen LogP contribution in [0, 0.1) is 0 Å². The molecule has 48 heavy (non-hydrogen) atoms. The van der Waals surface area contributed by atoms with Gasteiger partial charge in [0.05, 0.1) is 22.2 Å². The van der Waals surface area contributed by atoms with Crippen LogP contribution >= 0.6 is 0 Å². The number of hydrogen-bond acceptors (Lipinski definition) is 7. The lowest BCUT2D eigenvalue weighted by Crippen LogP contribution is -2.35. The third-order valence-corrected chi connectivity index (χ3v) is 8.24. The average molecular weight is 642 g/mol. The van der Waals surface area contributed by atoms with Crippen molar-refractivity contribution in [1.29, 1.82) is 0 Å². The molecule has 3 heterocycles. The van der Waals surface area contributed by atoms with Crippen molar-refractivity contribution in [3.8, 4) is 23.0 Å². The fraction of sp³-hybridized carbons (Fsp3) is 0.179. The number of H-pyrrole nitrogens is 1. The van der Waals surface area contributed by atoms with Gasteiger partial charge in [0, 0.05) is 25.2 Å². The first-order chi connectivity index (χ1) is 23.5. The van der Waals surface area contributed by atoms with Crippen molar-refractivity contribution in [1.82, 2.24) is 14.5 Å². The van der Waals surface area contributed by atoms with Gasteiger partial charge in [0.25, 0.3) is 11.1 Å². The van der Waals surface area contributed by atoms with Gasteiger partial charge >= 0.3 is 0 Å². The van der Waals surface area contributed by atoms with E-state index in [9.17, 15) is 19.2 Å². The number of piperidine rings is 1. The number of fused-ring (bicyclic) bond motifs is 2. The van der Waals surface area contributed by atoms with Gasteiger partial charge in [-0.2, -0.15) is 0 Å². The second-order valence-electron chi connectivity index (χ2n) is 11.5. The third kappa shape index (κ3) is 7.76. The van der Waals surface area contributed by atoms with Crippen molar-refractivity contribution in [3.63, 3.8) is 0 Å². The predicted octanol–water partition coefficient (Wildman–Crippen LogP) is 7.23. The average Bonchev–Trinajstić information content (AvgIpc) is 3.12. The maximum Gasteiger partial charge on any atom is 0.261 e. The highest BCUT2D eigenvalue weighted by molar-refractivity contribution is 5.87. The molecular formula is C39H35N3O6. The van der Waals surface area contributed by atoms with Gasteiger partial charge in [-0.25, -0.2) is 0 Å². The van der Waals surface area contributed by atoms with Gasteiger partial charge in [-0.05, 0) is 97.4 Å². The van der Waals surface area contributed by atoms with Crippen molar-refractivity contribution in [2.24, 2.45) is 0 Å². The normalized spacial score (nSPS) is 13.0. The minimum absolute atomic E-state index is 0.120. The van der Waals surface area contributed by atoms with Crippen LogP contribution in [0.1, 0.15) is 40.0 Å². The van der Waals surface area contributed by atoms with E-state index in [-0.39, 0.29) is 16.7 Å². The van der Waals surface area contributed by atoms with Crippen LogP contribution in [0.25, 0.3) is 21.8 Å². The number of benzene rings is 4. The van der Waals surface area contributed by atoms with Crippen LogP contribution in [0.2, 0.25) is 0 Å². The third-order valence-electron chi connectivity index (χ3n) is 8.24. The molecule has 1 saturated heterocycles. The zero-order chi connectivity index (χ0) is 33.3. The molecule has 1 aliphatic rings. The summed E-state index contributed by atoms with van der Waals surface area (Å²) >= 11 is 0. The first kappa shape index (κ1) is 32.2. The largest absolute Gasteiger partial charge is 0.457 e. The number of hydrogen-bond donors (Lipinski definition) is 1. The molecule has 9 nitrogen and oxygen atoms in total. The van der Waals surface area contributed by atoms with Crippen LogP contribution in [0.15, 0.2) is 119 Å². The van der Waals surface area contributed by atoms with Crippen LogP contribution in [-0.2, 0) is 6.54 Å². The molecule has 7 rings (SSSR count). The summed E-state index contributed by atoms with van der Waals surface area (Å²) in [4.78, 5) is 51.6. The van der Waals surface area contributed by atoms with Crippen molar-refractivity contribution >= 4 is 34.4 Å². The van der Waals surface area contributed by atoms with Crippen molar-refractivity contribution in [3.05, 3.63) is 141 Å². The molecule has 1 aliphatic heterocycles. The minimum atomic E-state index is -0.399. The zero-order valence-electron chi connectivity index (χ0n) is 26.3. The smallest absolute Gasteiger partial charge is 0.261 e. The highest BCUT2D eigenvalue weighted by Crippen LogP contribution is 2.26. The molecule has 0 atom stereocenters. The Morgan fingerprint density at radius 2 is 1.19 bits per heavy atom. The number of pyridine rings is 2. The summed E-state index contributed by atoms with van der Waals surface area (Å²) in [7, 11) is 0. The lowest BCUT2D eigenvalue weighted by molar-refractivity contribution is 0.111. The number of nitrogens with zero attached hydrogens (tertiary/aromatic N) is 2. The van der Waals surface area contributed by atoms with E-state index in [0.29, 0.717) is 36.1 Å². The van der Waals surface area contributed by atoms with Gasteiger partial charge in [0.1, 0.15) is 23.0 Å². The second kappa shape index (κ2) is 15.2. The maximum absolute atomic E-state index is 12.8. The van der Waals surface area contributed by atoms with Gasteiger partial charge in [-0.3, -0.25) is 19.2 Å². The quantitative estimate of drug-likeness (QED) is 0.166. The van der Waals surface area contributed by atoms with E-state index < -0.39 is 5.56 Å². The first-order valence-electron chi connectivity index (χ1n) is 15.9. The molecule has 6 aromatic rings. The van der Waals surface area contributed by atoms with Gasteiger partial charge in [0.2, 0.25) is 0 Å². The molecule has 0 saturated carbocycles. The van der Waals surface area contributed by atoms with Crippen LogP contribution in [0.4, 0.5) is 0 Å². The van der Waals surface area contributed by atoms with E-state index in [2.05, 4.69) is 9.88 Å². The number of aldehydes is 2. The summed E-state index contributed by atoms with van der Waals surface area (Å²) in [5.74, 6) is 2.76. The minimum Gasteiger partial charge on any atom is -0.457 e. The molecule has 0 amide bonds. The van der Waals surface area contributed by atoms with E-state index in [0.717, 1.165) is 47.4 Å². The van der Waals surface area contributed by atoms with Gasteiger partial charge in [-0.1, -0.05) is 42.8 Å². The number of nitrogens with one attached hydrogen (secondary N) is 1. The molecular weight excluding hydrogens is 606 g/mol. The zero-order valence-corrected chi connectivity index (χ0v) is 26.3. The van der Waals surface area contributed by atoms with Crippen LogP contribution < -0.4 is 20.6 Å². The Balaban J connectivity index is 0.000000177. The Hall–Kier alpha value is -5.80. The number of aromatic nitrogens is 2. The van der Waals surface area contributed by atoms with Crippen LogP contribution in [-0.4, -0.2) is 46.7 Å². The molecule has 1 fully saturated rings. The number of rotatable bonds is 9. The van der Waals surface area contributed by atoms with Gasteiger partial charge in [-0.15, -0.1) is 0 Å². The van der Waals surface area contributed by atoms with Crippen molar-refractivity contribution in [2.75, 3.05) is 19.6 Å². The molecule has 0 unspecified atom stereocenters. The number of ether oxygens (including phenoxy) is 2. The summed E-state index contributed by atoms with van der Waals surface area (Å²) in [6.07, 6.45) is 4.89. The topological polar surface area (TPSA) is 111 Å². The Labute approximate surface area is 277 Å². The SMILES string of the molecule is O=Cc1cc2ccc(Oc3ccccc3)cc2[nH]c1=O.O=Cc1cc2ccc(Oc3ccccc3)cc2n(CCN2CCCCC2)c1=O. The number of aromatic amines is 1. The van der Waals surface area contributed by atoms with E-state index in [1.807, 2.05) is 78.9 Å². The van der Waals surface area contributed by atoms with E-state index in [1.54, 1.807) is 34.9 Å². The molecule has 242 valence electrons. The van der Waals surface area contributed by atoms with Crippen molar-refractivity contribution < 1.29 is 19.1 Å². The number of carbonyl (C=O) groups excluding carboxylic acids is 2. The Morgan fingerprint density at radius 3 is 1.81 bits per heavy atom. The molecule has 0 aliphatic carbocycles. The standard InChI is InChI=1S/C23H24N2O3.C16H11NO3/c26-17-19-15-18-9-10-21(28-20-7-3-1-4-8-20)16-22(18)25(23(19)27)14-13-24-11-5-2-6-12-24;18-10-12-8-11-6-7-14(9-15(11)17-16(12)19)20-13-4-2-1-3-5-13/h1,3-4,7-10,15-17H,2,5-6,11-14H2;1-10H,(H,17,19). The van der Waals surface area contributed by atoms with E-state index in [4.69, 9.17) is 9.47 Å². The number of likely N-dealkylation sites (tertiary alicyclic amines) is 1. The number of carbonyl (C=O) groups is 2. The van der Waals surface area contributed by atoms with Crippen molar-refractivity contribution in [2.45, 2.75) is 25.8 Å². The van der Waals surface area contributed by atoms with E-state index >= 15 is 0 Å². The molecule has 4 aromatic carbocycles. The summed E-state index contributed by atoms with van der Waals surface area (Å²) in [6, 6.07) is 33.1. The molecule has 0 spiro atoms. The Bertz CT molecular complexity index is 2150. The highest BCUT2D eigenvalue weighted by atomic mass is 16.5. The van der Waals surface area contributed by atoms with Gasteiger partial charge in [0.15, 0.2) is 12.6 Å². The number of para-hydroxylation sites is 2. The summed E-state index contributed by atoms with van der Waals surface area (Å²) in [5, 5.41) is 1.65. The maximum atomic E-state index is 12.8.